The van der Waals surface area contributed by atoms with E-state index in [1.54, 1.807) is 7.05 Å². The van der Waals surface area contributed by atoms with E-state index in [0.29, 0.717) is 16.3 Å². The van der Waals surface area contributed by atoms with Gasteiger partial charge in [0.05, 0.1) is 10.9 Å². The van der Waals surface area contributed by atoms with Crippen molar-refractivity contribution in [1.29, 1.82) is 0 Å². The lowest BCUT2D eigenvalue weighted by atomic mass is 10.1. The Kier molecular flexibility index (Phi) is 1.83. The average Bonchev–Trinajstić information content (AvgIpc) is 2.67. The largest absolute Gasteiger partial charge is 0.319 e. The Morgan fingerprint density at radius 1 is 1.29 bits per heavy atom. The lowest BCUT2D eigenvalue weighted by molar-refractivity contribution is 0.515. The molecule has 0 amide bonds. The highest BCUT2D eigenvalue weighted by Gasteiger charge is 2.14. The quantitative estimate of drug-likeness (QED) is 0.644. The van der Waals surface area contributed by atoms with Crippen molar-refractivity contribution in [2.24, 2.45) is 7.05 Å². The summed E-state index contributed by atoms with van der Waals surface area (Å²) in [6, 6.07) is 2.42. The Labute approximate surface area is 93.5 Å². The van der Waals surface area contributed by atoms with Gasteiger partial charge >= 0.3 is 0 Å². The van der Waals surface area contributed by atoms with Crippen molar-refractivity contribution in [3.63, 3.8) is 0 Å². The zero-order chi connectivity index (χ0) is 12.2. The van der Waals surface area contributed by atoms with Gasteiger partial charge in [0, 0.05) is 18.6 Å². The SMILES string of the molecule is Cn1cc2c(=O)[nH]c3c(F)c(F)ccc3c2n1. The first-order valence-corrected chi connectivity index (χ1v) is 4.91. The maximum atomic E-state index is 13.5. The monoisotopic (exact) mass is 235 g/mol. The number of hydrogen-bond acceptors (Lipinski definition) is 2. The highest BCUT2D eigenvalue weighted by Crippen LogP contribution is 2.22. The fourth-order valence-electron chi connectivity index (χ4n) is 1.90. The predicted molar refractivity (Wildman–Crippen MR) is 58.8 cm³/mol. The predicted octanol–water partition coefficient (Wildman–Crippen LogP) is 1.69. The van der Waals surface area contributed by atoms with Crippen molar-refractivity contribution in [3.8, 4) is 0 Å². The van der Waals surface area contributed by atoms with E-state index in [1.807, 2.05) is 0 Å². The van der Waals surface area contributed by atoms with Gasteiger partial charge in [-0.3, -0.25) is 9.48 Å². The maximum Gasteiger partial charge on any atom is 0.259 e. The number of nitrogens with zero attached hydrogens (tertiary/aromatic N) is 2. The number of nitrogens with one attached hydrogen (secondary N) is 1. The maximum absolute atomic E-state index is 13.5. The minimum absolute atomic E-state index is 0.152. The number of fused-ring (bicyclic) bond motifs is 3. The molecule has 0 spiro atoms. The number of benzene rings is 1. The van der Waals surface area contributed by atoms with Crippen LogP contribution in [0.3, 0.4) is 0 Å². The molecule has 2 aromatic heterocycles. The molecule has 17 heavy (non-hydrogen) atoms. The highest BCUT2D eigenvalue weighted by molar-refractivity contribution is 6.02. The second kappa shape index (κ2) is 3.13. The van der Waals surface area contributed by atoms with E-state index < -0.39 is 17.2 Å². The zero-order valence-electron chi connectivity index (χ0n) is 8.79. The molecule has 0 radical (unpaired) electrons. The second-order valence-electron chi connectivity index (χ2n) is 3.80. The molecule has 3 aromatic rings. The van der Waals surface area contributed by atoms with Gasteiger partial charge in [-0.15, -0.1) is 0 Å². The number of halogens is 2. The molecule has 86 valence electrons. The number of pyridine rings is 1. The van der Waals surface area contributed by atoms with Gasteiger partial charge in [0.2, 0.25) is 0 Å². The van der Waals surface area contributed by atoms with E-state index in [2.05, 4.69) is 10.1 Å². The van der Waals surface area contributed by atoms with Crippen molar-refractivity contribution in [1.82, 2.24) is 14.8 Å². The van der Waals surface area contributed by atoms with Crippen molar-refractivity contribution >= 4 is 21.8 Å². The molecule has 0 atom stereocenters. The van der Waals surface area contributed by atoms with Crippen LogP contribution in [0.5, 0.6) is 0 Å². The normalized spacial score (nSPS) is 11.5. The fraction of sp³-hybridized carbons (Fsp3) is 0.0909. The Bertz CT molecular complexity index is 804. The molecule has 1 N–H and O–H groups in total. The number of rotatable bonds is 0. The fourth-order valence-corrected chi connectivity index (χ4v) is 1.90. The Morgan fingerprint density at radius 2 is 2.06 bits per heavy atom. The number of hydrogen-bond donors (Lipinski definition) is 1. The molecular formula is C11H7F2N3O. The molecular weight excluding hydrogens is 228 g/mol. The number of aryl methyl sites for hydroxylation is 1. The number of H-pyrrole nitrogens is 1. The van der Waals surface area contributed by atoms with Crippen LogP contribution in [0.2, 0.25) is 0 Å². The molecule has 0 aliphatic rings. The summed E-state index contributed by atoms with van der Waals surface area (Å²) in [6.45, 7) is 0. The minimum atomic E-state index is -1.06. The first-order chi connectivity index (χ1) is 8.08. The van der Waals surface area contributed by atoms with Crippen molar-refractivity contribution in [3.05, 3.63) is 40.3 Å². The van der Waals surface area contributed by atoms with Gasteiger partial charge in [0.1, 0.15) is 5.52 Å². The van der Waals surface area contributed by atoms with Gasteiger partial charge in [-0.2, -0.15) is 5.10 Å². The summed E-state index contributed by atoms with van der Waals surface area (Å²) in [5.74, 6) is -2.06. The van der Waals surface area contributed by atoms with E-state index in [9.17, 15) is 13.6 Å². The smallest absolute Gasteiger partial charge is 0.259 e. The summed E-state index contributed by atoms with van der Waals surface area (Å²) in [6.07, 6.45) is 1.54. The zero-order valence-corrected chi connectivity index (χ0v) is 8.79. The minimum Gasteiger partial charge on any atom is -0.319 e. The number of aromatic nitrogens is 3. The Hall–Kier alpha value is -2.24. The first-order valence-electron chi connectivity index (χ1n) is 4.91. The molecule has 0 aliphatic carbocycles. The van der Waals surface area contributed by atoms with Crippen molar-refractivity contribution < 1.29 is 8.78 Å². The summed E-state index contributed by atoms with van der Waals surface area (Å²) in [4.78, 5) is 14.0. The van der Waals surface area contributed by atoms with Crippen LogP contribution in [-0.4, -0.2) is 14.8 Å². The molecule has 0 saturated heterocycles. The van der Waals surface area contributed by atoms with Gasteiger partial charge in [-0.1, -0.05) is 0 Å². The highest BCUT2D eigenvalue weighted by atomic mass is 19.2. The van der Waals surface area contributed by atoms with Crippen LogP contribution in [0.1, 0.15) is 0 Å². The first kappa shape index (κ1) is 9.95. The summed E-state index contributed by atoms with van der Waals surface area (Å²) in [5, 5.41) is 4.82. The molecule has 6 heteroatoms. The molecule has 0 saturated carbocycles. The second-order valence-corrected chi connectivity index (χ2v) is 3.80. The molecule has 0 bridgehead atoms. The van der Waals surface area contributed by atoms with E-state index in [0.717, 1.165) is 6.07 Å². The van der Waals surface area contributed by atoms with Gasteiger partial charge in [0.15, 0.2) is 11.6 Å². The molecule has 1 aromatic carbocycles. The molecule has 0 aliphatic heterocycles. The summed E-state index contributed by atoms with van der Waals surface area (Å²) >= 11 is 0. The van der Waals surface area contributed by atoms with E-state index in [4.69, 9.17) is 0 Å². The summed E-state index contributed by atoms with van der Waals surface area (Å²) in [7, 11) is 1.66. The van der Waals surface area contributed by atoms with Crippen LogP contribution in [0.15, 0.2) is 23.1 Å². The lowest BCUT2D eigenvalue weighted by Crippen LogP contribution is -2.06. The van der Waals surface area contributed by atoms with Crippen molar-refractivity contribution in [2.45, 2.75) is 0 Å². The van der Waals surface area contributed by atoms with Crippen LogP contribution in [0, 0.1) is 11.6 Å². The summed E-state index contributed by atoms with van der Waals surface area (Å²) < 4.78 is 28.1. The third kappa shape index (κ3) is 1.27. The van der Waals surface area contributed by atoms with Crippen LogP contribution in [0.25, 0.3) is 21.8 Å². The van der Waals surface area contributed by atoms with Gasteiger partial charge < -0.3 is 4.98 Å². The Morgan fingerprint density at radius 3 is 2.82 bits per heavy atom. The van der Waals surface area contributed by atoms with Crippen LogP contribution in [-0.2, 0) is 7.05 Å². The standard InChI is InChI=1S/C11H7F2N3O/c1-16-4-6-9(15-16)5-2-3-7(12)8(13)10(5)14-11(6)17/h2-4H,1H3,(H,14,17). The van der Waals surface area contributed by atoms with E-state index in [1.165, 1.54) is 16.9 Å². The van der Waals surface area contributed by atoms with Crippen LogP contribution in [0.4, 0.5) is 8.78 Å². The van der Waals surface area contributed by atoms with Crippen molar-refractivity contribution in [2.75, 3.05) is 0 Å². The third-order valence-electron chi connectivity index (χ3n) is 2.66. The molecule has 0 fully saturated rings. The molecule has 0 unspecified atom stereocenters. The molecule has 2 heterocycles. The van der Waals surface area contributed by atoms with Gasteiger partial charge in [-0.05, 0) is 12.1 Å². The summed E-state index contributed by atoms with van der Waals surface area (Å²) in [5.41, 5.74) is -0.267. The lowest BCUT2D eigenvalue weighted by Gasteiger charge is -2.00. The van der Waals surface area contributed by atoms with Gasteiger partial charge in [-0.25, -0.2) is 8.78 Å². The molecule has 3 rings (SSSR count). The number of aromatic amines is 1. The average molecular weight is 235 g/mol. The van der Waals surface area contributed by atoms with E-state index >= 15 is 0 Å². The molecule has 4 nitrogen and oxygen atoms in total. The van der Waals surface area contributed by atoms with E-state index in [-0.39, 0.29) is 5.52 Å². The van der Waals surface area contributed by atoms with Crippen LogP contribution >= 0.6 is 0 Å². The topological polar surface area (TPSA) is 50.7 Å². The third-order valence-corrected chi connectivity index (χ3v) is 2.66. The van der Waals surface area contributed by atoms with Gasteiger partial charge in [0.25, 0.3) is 5.56 Å². The Balaban J connectivity index is 2.66. The van der Waals surface area contributed by atoms with Crippen LogP contribution < -0.4 is 5.56 Å².